The van der Waals surface area contributed by atoms with Gasteiger partial charge in [0.1, 0.15) is 5.76 Å². The highest BCUT2D eigenvalue weighted by atomic mass is 16.5. The highest BCUT2D eigenvalue weighted by Crippen LogP contribution is 2.41. The van der Waals surface area contributed by atoms with Crippen molar-refractivity contribution in [1.82, 2.24) is 0 Å². The van der Waals surface area contributed by atoms with Crippen LogP contribution in [0.1, 0.15) is 19.8 Å². The van der Waals surface area contributed by atoms with Crippen LogP contribution in [0, 0.1) is 17.8 Å². The summed E-state index contributed by atoms with van der Waals surface area (Å²) < 4.78 is 10.3. The molecule has 0 aromatic carbocycles. The van der Waals surface area contributed by atoms with Crippen LogP contribution in [0.5, 0.6) is 0 Å². The number of hydrogen-bond acceptors (Lipinski definition) is 3. The molecule has 0 amide bonds. The zero-order valence-electron chi connectivity index (χ0n) is 9.81. The van der Waals surface area contributed by atoms with Crippen molar-refractivity contribution in [2.24, 2.45) is 17.8 Å². The fraction of sp³-hybridized carbons (Fsp3) is 0.615. The molecule has 2 aliphatic rings. The summed E-state index contributed by atoms with van der Waals surface area (Å²) in [5, 5.41) is 0. The molecule has 3 heteroatoms. The molecule has 3 atom stereocenters. The fourth-order valence-corrected chi connectivity index (χ4v) is 2.62. The number of fused-ring (bicyclic) bond motifs is 2. The molecule has 0 aliphatic heterocycles. The number of methoxy groups -OCH3 is 1. The standard InChI is InChI=1S/C13H18O3/c1-3-16-13(14)12-8-9-6-10(12)4-5-11(7-9)15-2/h4-5,7,9-10,12H,3,6,8H2,1-2H3/t9-,10+,12+/m0/s1. The van der Waals surface area contributed by atoms with Crippen LogP contribution in [0.4, 0.5) is 0 Å². The largest absolute Gasteiger partial charge is 0.497 e. The van der Waals surface area contributed by atoms with Crippen LogP contribution >= 0.6 is 0 Å². The molecule has 0 radical (unpaired) electrons. The molecule has 1 saturated carbocycles. The van der Waals surface area contributed by atoms with Gasteiger partial charge in [-0.2, -0.15) is 0 Å². The molecular weight excluding hydrogens is 204 g/mol. The van der Waals surface area contributed by atoms with E-state index in [1.54, 1.807) is 7.11 Å². The van der Waals surface area contributed by atoms with Crippen molar-refractivity contribution in [3.8, 4) is 0 Å². The van der Waals surface area contributed by atoms with Gasteiger partial charge in [-0.15, -0.1) is 0 Å². The average Bonchev–Trinajstić information content (AvgIpc) is 2.53. The van der Waals surface area contributed by atoms with E-state index in [1.165, 1.54) is 0 Å². The van der Waals surface area contributed by atoms with E-state index < -0.39 is 0 Å². The first kappa shape index (κ1) is 11.2. The summed E-state index contributed by atoms with van der Waals surface area (Å²) in [6.45, 7) is 2.32. The van der Waals surface area contributed by atoms with E-state index in [9.17, 15) is 4.79 Å². The lowest BCUT2D eigenvalue weighted by Gasteiger charge is -2.15. The van der Waals surface area contributed by atoms with E-state index in [0.29, 0.717) is 18.4 Å². The van der Waals surface area contributed by atoms with Gasteiger partial charge in [0.05, 0.1) is 19.6 Å². The normalized spacial score (nSPS) is 31.9. The van der Waals surface area contributed by atoms with E-state index >= 15 is 0 Å². The van der Waals surface area contributed by atoms with Crippen LogP contribution in [0.3, 0.4) is 0 Å². The molecule has 0 spiro atoms. The van der Waals surface area contributed by atoms with Gasteiger partial charge in [0, 0.05) is 0 Å². The molecule has 0 aromatic heterocycles. The van der Waals surface area contributed by atoms with Crippen molar-refractivity contribution in [2.75, 3.05) is 13.7 Å². The van der Waals surface area contributed by atoms with Crippen molar-refractivity contribution < 1.29 is 14.3 Å². The number of esters is 1. The summed E-state index contributed by atoms with van der Waals surface area (Å²) >= 11 is 0. The summed E-state index contributed by atoms with van der Waals surface area (Å²) in [7, 11) is 1.68. The molecule has 0 saturated heterocycles. The predicted octanol–water partition coefficient (Wildman–Crippen LogP) is 2.29. The molecule has 88 valence electrons. The SMILES string of the molecule is CCOC(=O)[C@@H]1C[C@@H]2C=C(OC)C=C[C@@H]1C2. The minimum atomic E-state index is -0.0473. The minimum Gasteiger partial charge on any atom is -0.497 e. The first-order valence-corrected chi connectivity index (χ1v) is 5.85. The fourth-order valence-electron chi connectivity index (χ4n) is 2.62. The van der Waals surface area contributed by atoms with E-state index in [2.05, 4.69) is 12.2 Å². The topological polar surface area (TPSA) is 35.5 Å². The van der Waals surface area contributed by atoms with Gasteiger partial charge < -0.3 is 9.47 Å². The van der Waals surface area contributed by atoms with Gasteiger partial charge in [0.15, 0.2) is 0 Å². The minimum absolute atomic E-state index is 0.0378. The molecule has 16 heavy (non-hydrogen) atoms. The third kappa shape index (κ3) is 2.13. The van der Waals surface area contributed by atoms with Crippen molar-refractivity contribution in [3.63, 3.8) is 0 Å². The maximum Gasteiger partial charge on any atom is 0.309 e. The van der Waals surface area contributed by atoms with Crippen molar-refractivity contribution in [2.45, 2.75) is 19.8 Å². The van der Waals surface area contributed by atoms with E-state index in [1.807, 2.05) is 13.0 Å². The Hall–Kier alpha value is -1.25. The van der Waals surface area contributed by atoms with Gasteiger partial charge in [-0.1, -0.05) is 6.08 Å². The highest BCUT2D eigenvalue weighted by molar-refractivity contribution is 5.73. The second kappa shape index (κ2) is 4.73. The second-order valence-corrected chi connectivity index (χ2v) is 4.39. The smallest absolute Gasteiger partial charge is 0.309 e. The third-order valence-electron chi connectivity index (χ3n) is 3.38. The van der Waals surface area contributed by atoms with Crippen LogP contribution in [0.15, 0.2) is 24.0 Å². The summed E-state index contributed by atoms with van der Waals surface area (Å²) in [6.07, 6.45) is 8.10. The third-order valence-corrected chi connectivity index (χ3v) is 3.38. The van der Waals surface area contributed by atoms with Crippen LogP contribution in [-0.2, 0) is 14.3 Å². The molecule has 3 nitrogen and oxygen atoms in total. The Balaban J connectivity index is 2.07. The average molecular weight is 222 g/mol. The Morgan fingerprint density at radius 1 is 1.50 bits per heavy atom. The van der Waals surface area contributed by atoms with Gasteiger partial charge in [-0.05, 0) is 43.8 Å². The van der Waals surface area contributed by atoms with Gasteiger partial charge in [0.25, 0.3) is 0 Å². The number of hydrogen-bond donors (Lipinski definition) is 0. The maximum absolute atomic E-state index is 11.7. The lowest BCUT2D eigenvalue weighted by Crippen LogP contribution is -2.20. The summed E-state index contributed by atoms with van der Waals surface area (Å²) in [5.74, 6) is 1.66. The summed E-state index contributed by atoms with van der Waals surface area (Å²) in [6, 6.07) is 0. The Morgan fingerprint density at radius 2 is 2.31 bits per heavy atom. The first-order chi connectivity index (χ1) is 7.74. The highest BCUT2D eigenvalue weighted by Gasteiger charge is 2.38. The molecule has 0 unspecified atom stereocenters. The second-order valence-electron chi connectivity index (χ2n) is 4.39. The lowest BCUT2D eigenvalue weighted by atomic mass is 9.95. The van der Waals surface area contributed by atoms with Crippen LogP contribution in [-0.4, -0.2) is 19.7 Å². The Bertz CT molecular complexity index is 330. The first-order valence-electron chi connectivity index (χ1n) is 5.85. The lowest BCUT2D eigenvalue weighted by molar-refractivity contribution is -0.148. The quantitative estimate of drug-likeness (QED) is 0.687. The Labute approximate surface area is 96.1 Å². The van der Waals surface area contributed by atoms with Gasteiger partial charge in [-0.25, -0.2) is 0 Å². The molecule has 0 heterocycles. The monoisotopic (exact) mass is 222 g/mol. The maximum atomic E-state index is 11.7. The van der Waals surface area contributed by atoms with Crippen molar-refractivity contribution >= 4 is 5.97 Å². The van der Waals surface area contributed by atoms with Crippen LogP contribution in [0.25, 0.3) is 0 Å². The molecule has 1 fully saturated rings. The number of carbonyl (C=O) groups excluding carboxylic acids is 1. The van der Waals surface area contributed by atoms with Crippen LogP contribution in [0.2, 0.25) is 0 Å². The zero-order chi connectivity index (χ0) is 11.5. The van der Waals surface area contributed by atoms with Crippen molar-refractivity contribution in [1.29, 1.82) is 0 Å². The van der Waals surface area contributed by atoms with Crippen molar-refractivity contribution in [3.05, 3.63) is 24.0 Å². The molecule has 2 rings (SSSR count). The Morgan fingerprint density at radius 3 is 3.00 bits per heavy atom. The van der Waals surface area contributed by atoms with Crippen LogP contribution < -0.4 is 0 Å². The van der Waals surface area contributed by atoms with Gasteiger partial charge >= 0.3 is 5.97 Å². The summed E-state index contributed by atoms with van der Waals surface area (Å²) in [4.78, 5) is 11.7. The zero-order valence-corrected chi connectivity index (χ0v) is 9.81. The Kier molecular flexibility index (Phi) is 3.32. The summed E-state index contributed by atoms with van der Waals surface area (Å²) in [5.41, 5.74) is 0. The molecule has 0 N–H and O–H groups in total. The molecule has 2 bridgehead atoms. The number of allylic oxidation sites excluding steroid dienone is 3. The van der Waals surface area contributed by atoms with E-state index in [-0.39, 0.29) is 11.9 Å². The van der Waals surface area contributed by atoms with Gasteiger partial charge in [0.2, 0.25) is 0 Å². The number of carbonyl (C=O) groups is 1. The molecule has 2 aliphatic carbocycles. The molecular formula is C13H18O3. The van der Waals surface area contributed by atoms with E-state index in [4.69, 9.17) is 9.47 Å². The molecule has 0 aromatic rings. The van der Waals surface area contributed by atoms with Gasteiger partial charge in [-0.3, -0.25) is 4.79 Å². The number of ether oxygens (including phenoxy) is 2. The predicted molar refractivity (Wildman–Crippen MR) is 60.6 cm³/mol. The number of rotatable bonds is 3. The van der Waals surface area contributed by atoms with E-state index in [0.717, 1.165) is 18.6 Å².